The second-order valence-corrected chi connectivity index (χ2v) is 5.64. The van der Waals surface area contributed by atoms with Crippen molar-refractivity contribution < 1.29 is 9.53 Å². The second-order valence-electron chi connectivity index (χ2n) is 5.64. The van der Waals surface area contributed by atoms with E-state index in [4.69, 9.17) is 4.74 Å². The molecule has 1 aliphatic rings. The first kappa shape index (κ1) is 13.9. The molecule has 0 aliphatic carbocycles. The van der Waals surface area contributed by atoms with Gasteiger partial charge in [0.2, 0.25) is 0 Å². The minimum atomic E-state index is 0.104. The van der Waals surface area contributed by atoms with Crippen LogP contribution in [0.15, 0.2) is 18.2 Å². The van der Waals surface area contributed by atoms with Gasteiger partial charge in [0.05, 0.1) is 0 Å². The molecule has 1 saturated heterocycles. The number of carbonyl (C=O) groups is 1. The molecule has 0 bridgehead atoms. The molecule has 0 saturated carbocycles. The summed E-state index contributed by atoms with van der Waals surface area (Å²) >= 11 is 0. The van der Waals surface area contributed by atoms with Gasteiger partial charge in [0.15, 0.2) is 6.61 Å². The van der Waals surface area contributed by atoms with Crippen molar-refractivity contribution in [3.8, 4) is 5.75 Å². The molecule has 2 rings (SSSR count). The summed E-state index contributed by atoms with van der Waals surface area (Å²) < 4.78 is 5.68. The smallest absolute Gasteiger partial charge is 0.260 e. The number of carbonyl (C=O) groups excluding carboxylic acids is 1. The predicted molar refractivity (Wildman–Crippen MR) is 76.4 cm³/mol. The minimum absolute atomic E-state index is 0.104. The fourth-order valence-corrected chi connectivity index (χ4v) is 2.51. The molecule has 3 nitrogen and oxygen atoms in total. The average molecular weight is 261 g/mol. The number of ether oxygens (including phenoxy) is 1. The van der Waals surface area contributed by atoms with Gasteiger partial charge >= 0.3 is 0 Å². The fourth-order valence-electron chi connectivity index (χ4n) is 2.51. The third-order valence-corrected chi connectivity index (χ3v) is 3.70. The summed E-state index contributed by atoms with van der Waals surface area (Å²) in [5.41, 5.74) is 2.23. The first-order valence-corrected chi connectivity index (χ1v) is 7.04. The Balaban J connectivity index is 1.91. The van der Waals surface area contributed by atoms with E-state index in [9.17, 15) is 4.79 Å². The molecule has 1 atom stereocenters. The van der Waals surface area contributed by atoms with Crippen LogP contribution in [0, 0.1) is 19.8 Å². The topological polar surface area (TPSA) is 29.5 Å². The van der Waals surface area contributed by atoms with Gasteiger partial charge in [-0.3, -0.25) is 4.79 Å². The number of likely N-dealkylation sites (tertiary alicyclic amines) is 1. The first-order chi connectivity index (χ1) is 9.06. The Hall–Kier alpha value is -1.51. The number of hydrogen-bond acceptors (Lipinski definition) is 2. The lowest BCUT2D eigenvalue weighted by Gasteiger charge is -2.30. The van der Waals surface area contributed by atoms with Crippen molar-refractivity contribution in [1.82, 2.24) is 4.90 Å². The van der Waals surface area contributed by atoms with Gasteiger partial charge in [0.1, 0.15) is 5.75 Å². The molecule has 0 radical (unpaired) electrons. The second kappa shape index (κ2) is 6.09. The van der Waals surface area contributed by atoms with E-state index >= 15 is 0 Å². The quantitative estimate of drug-likeness (QED) is 0.837. The van der Waals surface area contributed by atoms with Crippen LogP contribution in [-0.4, -0.2) is 30.5 Å². The van der Waals surface area contributed by atoms with Gasteiger partial charge in [0, 0.05) is 13.1 Å². The van der Waals surface area contributed by atoms with Crippen LogP contribution in [0.3, 0.4) is 0 Å². The Morgan fingerprint density at radius 1 is 1.42 bits per heavy atom. The summed E-state index contributed by atoms with van der Waals surface area (Å²) in [6, 6.07) is 6.07. The number of aryl methyl sites for hydroxylation is 2. The molecule has 0 unspecified atom stereocenters. The molecule has 1 aromatic rings. The maximum absolute atomic E-state index is 12.1. The molecule has 0 aromatic heterocycles. The minimum Gasteiger partial charge on any atom is -0.483 e. The lowest BCUT2D eigenvalue weighted by atomic mass is 10.0. The Kier molecular flexibility index (Phi) is 4.46. The van der Waals surface area contributed by atoms with Gasteiger partial charge in [-0.25, -0.2) is 0 Å². The van der Waals surface area contributed by atoms with Crippen molar-refractivity contribution in [3.63, 3.8) is 0 Å². The number of rotatable bonds is 3. The highest BCUT2D eigenvalue weighted by molar-refractivity contribution is 5.77. The van der Waals surface area contributed by atoms with Crippen LogP contribution in [0.1, 0.15) is 30.9 Å². The van der Waals surface area contributed by atoms with Gasteiger partial charge in [-0.05, 0) is 49.8 Å². The number of benzene rings is 1. The van der Waals surface area contributed by atoms with Crippen molar-refractivity contribution in [2.45, 2.75) is 33.6 Å². The van der Waals surface area contributed by atoms with Gasteiger partial charge in [-0.15, -0.1) is 0 Å². The Morgan fingerprint density at radius 2 is 2.21 bits per heavy atom. The SMILES string of the molecule is Cc1ccc(C)c(OCC(=O)N2CCC[C@@H](C)C2)c1. The lowest BCUT2D eigenvalue weighted by molar-refractivity contribution is -0.135. The van der Waals surface area contributed by atoms with Crippen LogP contribution in [0.4, 0.5) is 0 Å². The summed E-state index contributed by atoms with van der Waals surface area (Å²) in [6.07, 6.45) is 2.33. The Bertz CT molecular complexity index is 456. The monoisotopic (exact) mass is 261 g/mol. The van der Waals surface area contributed by atoms with E-state index < -0.39 is 0 Å². The largest absolute Gasteiger partial charge is 0.483 e. The first-order valence-electron chi connectivity index (χ1n) is 7.04. The fraction of sp³-hybridized carbons (Fsp3) is 0.562. The van der Waals surface area contributed by atoms with E-state index in [0.29, 0.717) is 5.92 Å². The number of piperidine rings is 1. The van der Waals surface area contributed by atoms with Gasteiger partial charge in [-0.2, -0.15) is 0 Å². The maximum atomic E-state index is 12.1. The predicted octanol–water partition coefficient (Wildman–Crippen LogP) is 2.94. The average Bonchev–Trinajstić information content (AvgIpc) is 2.39. The number of hydrogen-bond donors (Lipinski definition) is 0. The van der Waals surface area contributed by atoms with Gasteiger partial charge in [0.25, 0.3) is 5.91 Å². The van der Waals surface area contributed by atoms with Crippen molar-refractivity contribution in [2.24, 2.45) is 5.92 Å². The van der Waals surface area contributed by atoms with Crippen molar-refractivity contribution >= 4 is 5.91 Å². The van der Waals surface area contributed by atoms with Crippen LogP contribution < -0.4 is 4.74 Å². The molecule has 19 heavy (non-hydrogen) atoms. The normalized spacial score (nSPS) is 19.3. The van der Waals surface area contributed by atoms with E-state index in [0.717, 1.165) is 36.4 Å². The third-order valence-electron chi connectivity index (χ3n) is 3.70. The van der Waals surface area contributed by atoms with Crippen molar-refractivity contribution in [3.05, 3.63) is 29.3 Å². The molecule has 1 heterocycles. The molecule has 0 N–H and O–H groups in total. The number of nitrogens with zero attached hydrogens (tertiary/aromatic N) is 1. The van der Waals surface area contributed by atoms with Crippen molar-refractivity contribution in [2.75, 3.05) is 19.7 Å². The van der Waals surface area contributed by atoms with Crippen LogP contribution in [0.25, 0.3) is 0 Å². The molecule has 1 fully saturated rings. The molecular weight excluding hydrogens is 238 g/mol. The van der Waals surface area contributed by atoms with Crippen LogP contribution in [0.2, 0.25) is 0 Å². The van der Waals surface area contributed by atoms with Crippen LogP contribution in [0.5, 0.6) is 5.75 Å². The summed E-state index contributed by atoms with van der Waals surface area (Å²) in [4.78, 5) is 14.0. The summed E-state index contributed by atoms with van der Waals surface area (Å²) in [5, 5.41) is 0. The molecule has 1 aliphatic heterocycles. The zero-order valence-corrected chi connectivity index (χ0v) is 12.1. The third kappa shape index (κ3) is 3.72. The summed E-state index contributed by atoms with van der Waals surface area (Å²) in [7, 11) is 0. The zero-order valence-electron chi connectivity index (χ0n) is 12.1. The zero-order chi connectivity index (χ0) is 13.8. The molecule has 104 valence electrons. The van der Waals surface area contributed by atoms with E-state index in [1.54, 1.807) is 0 Å². The maximum Gasteiger partial charge on any atom is 0.260 e. The molecule has 1 amide bonds. The van der Waals surface area contributed by atoms with Crippen molar-refractivity contribution in [1.29, 1.82) is 0 Å². The van der Waals surface area contributed by atoms with E-state index in [-0.39, 0.29) is 12.5 Å². The highest BCUT2D eigenvalue weighted by atomic mass is 16.5. The van der Waals surface area contributed by atoms with Crippen LogP contribution >= 0.6 is 0 Å². The van der Waals surface area contributed by atoms with E-state index in [1.165, 1.54) is 6.42 Å². The standard InChI is InChI=1S/C16H23NO2/c1-12-6-7-14(3)15(9-12)19-11-16(18)17-8-4-5-13(2)10-17/h6-7,9,13H,4-5,8,10-11H2,1-3H3/t13-/m1/s1. The number of amides is 1. The Morgan fingerprint density at radius 3 is 2.95 bits per heavy atom. The summed E-state index contributed by atoms with van der Waals surface area (Å²) in [6.45, 7) is 8.12. The van der Waals surface area contributed by atoms with Gasteiger partial charge in [-0.1, -0.05) is 19.1 Å². The van der Waals surface area contributed by atoms with E-state index in [1.807, 2.05) is 30.9 Å². The highest BCUT2D eigenvalue weighted by Gasteiger charge is 2.21. The lowest BCUT2D eigenvalue weighted by Crippen LogP contribution is -2.41. The van der Waals surface area contributed by atoms with Gasteiger partial charge < -0.3 is 9.64 Å². The molecular formula is C16H23NO2. The summed E-state index contributed by atoms with van der Waals surface area (Å²) in [5.74, 6) is 1.53. The molecule has 0 spiro atoms. The Labute approximate surface area is 115 Å². The molecule has 1 aromatic carbocycles. The van der Waals surface area contributed by atoms with Crippen LogP contribution in [-0.2, 0) is 4.79 Å². The molecule has 3 heteroatoms. The highest BCUT2D eigenvalue weighted by Crippen LogP contribution is 2.20. The van der Waals surface area contributed by atoms with E-state index in [2.05, 4.69) is 13.0 Å².